The molecule has 0 amide bonds. The van der Waals surface area contributed by atoms with Gasteiger partial charge in [-0.05, 0) is 25.2 Å². The number of hydrogen-bond acceptors (Lipinski definition) is 1. The standard InChI is InChI=1S/C10H16O/c1-8-3-5-10(6-4-8)9(2)7-11/h3-5,9-11H,6-7H2,1-2H3/t9-,10+/m0/s1. The zero-order chi connectivity index (χ0) is 8.27. The summed E-state index contributed by atoms with van der Waals surface area (Å²) >= 11 is 0. The van der Waals surface area contributed by atoms with Crippen molar-refractivity contribution in [1.82, 2.24) is 0 Å². The van der Waals surface area contributed by atoms with Crippen LogP contribution in [0.1, 0.15) is 20.3 Å². The van der Waals surface area contributed by atoms with Gasteiger partial charge >= 0.3 is 0 Å². The van der Waals surface area contributed by atoms with Crippen LogP contribution in [0.4, 0.5) is 0 Å². The van der Waals surface area contributed by atoms with Gasteiger partial charge < -0.3 is 5.11 Å². The second kappa shape index (κ2) is 3.72. The van der Waals surface area contributed by atoms with E-state index >= 15 is 0 Å². The lowest BCUT2D eigenvalue weighted by molar-refractivity contribution is 0.206. The highest BCUT2D eigenvalue weighted by Gasteiger charge is 2.13. The normalized spacial score (nSPS) is 26.5. The van der Waals surface area contributed by atoms with Crippen molar-refractivity contribution in [2.45, 2.75) is 20.3 Å². The number of aliphatic hydroxyl groups is 1. The van der Waals surface area contributed by atoms with Crippen molar-refractivity contribution in [3.63, 3.8) is 0 Å². The molecule has 1 heteroatoms. The Morgan fingerprint density at radius 2 is 2.45 bits per heavy atom. The fourth-order valence-electron chi connectivity index (χ4n) is 1.30. The molecule has 11 heavy (non-hydrogen) atoms. The Morgan fingerprint density at radius 3 is 2.91 bits per heavy atom. The molecule has 0 saturated carbocycles. The van der Waals surface area contributed by atoms with Gasteiger partial charge in [0.25, 0.3) is 0 Å². The van der Waals surface area contributed by atoms with Crippen molar-refractivity contribution in [1.29, 1.82) is 0 Å². The Balaban J connectivity index is 2.48. The molecule has 0 heterocycles. The first-order valence-corrected chi connectivity index (χ1v) is 4.20. The van der Waals surface area contributed by atoms with Gasteiger partial charge in [0.2, 0.25) is 0 Å². The summed E-state index contributed by atoms with van der Waals surface area (Å²) in [6.07, 6.45) is 7.66. The third kappa shape index (κ3) is 2.19. The van der Waals surface area contributed by atoms with Crippen molar-refractivity contribution in [2.24, 2.45) is 11.8 Å². The highest BCUT2D eigenvalue weighted by molar-refractivity contribution is 5.21. The van der Waals surface area contributed by atoms with Crippen LogP contribution in [0.15, 0.2) is 23.8 Å². The van der Waals surface area contributed by atoms with E-state index in [4.69, 9.17) is 5.11 Å². The van der Waals surface area contributed by atoms with Crippen LogP contribution >= 0.6 is 0 Å². The molecule has 0 aromatic heterocycles. The first-order chi connectivity index (χ1) is 5.24. The summed E-state index contributed by atoms with van der Waals surface area (Å²) in [6.45, 7) is 4.49. The van der Waals surface area contributed by atoms with E-state index in [1.165, 1.54) is 5.57 Å². The van der Waals surface area contributed by atoms with Crippen LogP contribution < -0.4 is 0 Å². The lowest BCUT2D eigenvalue weighted by atomic mass is 9.87. The summed E-state index contributed by atoms with van der Waals surface area (Å²) in [5, 5.41) is 8.90. The molecule has 0 aliphatic heterocycles. The van der Waals surface area contributed by atoms with Crippen LogP contribution in [0, 0.1) is 11.8 Å². The topological polar surface area (TPSA) is 20.2 Å². The number of rotatable bonds is 2. The van der Waals surface area contributed by atoms with Crippen LogP contribution in [0.3, 0.4) is 0 Å². The number of aliphatic hydroxyl groups excluding tert-OH is 1. The largest absolute Gasteiger partial charge is 0.396 e. The molecule has 1 aliphatic carbocycles. The van der Waals surface area contributed by atoms with Gasteiger partial charge in [0.15, 0.2) is 0 Å². The van der Waals surface area contributed by atoms with E-state index in [0.29, 0.717) is 18.4 Å². The van der Waals surface area contributed by atoms with Gasteiger partial charge in [-0.1, -0.05) is 30.7 Å². The van der Waals surface area contributed by atoms with E-state index in [-0.39, 0.29) is 0 Å². The summed E-state index contributed by atoms with van der Waals surface area (Å²) < 4.78 is 0. The minimum atomic E-state index is 0.294. The zero-order valence-corrected chi connectivity index (χ0v) is 7.25. The van der Waals surface area contributed by atoms with Gasteiger partial charge in [0.05, 0.1) is 0 Å². The Hall–Kier alpha value is -0.560. The van der Waals surface area contributed by atoms with E-state index in [1.807, 2.05) is 0 Å². The van der Waals surface area contributed by atoms with E-state index in [0.717, 1.165) is 6.42 Å². The minimum absolute atomic E-state index is 0.294. The Labute approximate surface area is 68.4 Å². The van der Waals surface area contributed by atoms with Crippen molar-refractivity contribution < 1.29 is 5.11 Å². The van der Waals surface area contributed by atoms with Crippen LogP contribution in [0.25, 0.3) is 0 Å². The van der Waals surface area contributed by atoms with Crippen LogP contribution in [-0.4, -0.2) is 11.7 Å². The van der Waals surface area contributed by atoms with Crippen molar-refractivity contribution in [3.05, 3.63) is 23.8 Å². The molecule has 62 valence electrons. The zero-order valence-electron chi connectivity index (χ0n) is 7.25. The predicted molar refractivity (Wildman–Crippen MR) is 47.3 cm³/mol. The van der Waals surface area contributed by atoms with Crippen LogP contribution in [0.5, 0.6) is 0 Å². The van der Waals surface area contributed by atoms with Crippen LogP contribution in [-0.2, 0) is 0 Å². The third-order valence-corrected chi connectivity index (χ3v) is 2.34. The molecule has 0 bridgehead atoms. The maximum atomic E-state index is 8.90. The predicted octanol–water partition coefficient (Wildman–Crippen LogP) is 2.14. The molecule has 0 unspecified atom stereocenters. The molecule has 0 aromatic carbocycles. The van der Waals surface area contributed by atoms with E-state index in [2.05, 4.69) is 32.1 Å². The van der Waals surface area contributed by atoms with E-state index in [1.54, 1.807) is 0 Å². The minimum Gasteiger partial charge on any atom is -0.396 e. The quantitative estimate of drug-likeness (QED) is 0.642. The first kappa shape index (κ1) is 8.54. The monoisotopic (exact) mass is 152 g/mol. The highest BCUT2D eigenvalue weighted by Crippen LogP contribution is 2.22. The maximum Gasteiger partial charge on any atom is 0.0462 e. The number of allylic oxidation sites excluding steroid dienone is 4. The maximum absolute atomic E-state index is 8.90. The SMILES string of the molecule is CC1=CC[C@H]([C@@H](C)CO)C=C1. The molecule has 1 aliphatic rings. The molecule has 1 rings (SSSR count). The summed E-state index contributed by atoms with van der Waals surface area (Å²) in [5.74, 6) is 0.944. The molecule has 2 atom stereocenters. The summed E-state index contributed by atoms with van der Waals surface area (Å²) in [7, 11) is 0. The van der Waals surface area contributed by atoms with Crippen molar-refractivity contribution in [2.75, 3.05) is 6.61 Å². The first-order valence-electron chi connectivity index (χ1n) is 4.20. The third-order valence-electron chi connectivity index (χ3n) is 2.34. The molecule has 0 aromatic rings. The van der Waals surface area contributed by atoms with E-state index < -0.39 is 0 Å². The average molecular weight is 152 g/mol. The fourth-order valence-corrected chi connectivity index (χ4v) is 1.30. The van der Waals surface area contributed by atoms with Gasteiger partial charge in [-0.3, -0.25) is 0 Å². The molecular formula is C10H16O. The molecular weight excluding hydrogens is 136 g/mol. The molecule has 1 nitrogen and oxygen atoms in total. The summed E-state index contributed by atoms with van der Waals surface area (Å²) in [4.78, 5) is 0. The summed E-state index contributed by atoms with van der Waals surface area (Å²) in [5.41, 5.74) is 1.34. The highest BCUT2D eigenvalue weighted by atomic mass is 16.3. The van der Waals surface area contributed by atoms with E-state index in [9.17, 15) is 0 Å². The van der Waals surface area contributed by atoms with Gasteiger partial charge in [-0.25, -0.2) is 0 Å². The number of hydrogen-bond donors (Lipinski definition) is 1. The lowest BCUT2D eigenvalue weighted by Gasteiger charge is -2.19. The van der Waals surface area contributed by atoms with Gasteiger partial charge in [-0.15, -0.1) is 0 Å². The Bertz CT molecular complexity index is 179. The summed E-state index contributed by atoms with van der Waals surface area (Å²) in [6, 6.07) is 0. The molecule has 0 radical (unpaired) electrons. The lowest BCUT2D eigenvalue weighted by Crippen LogP contribution is -2.14. The molecule has 0 saturated heterocycles. The molecule has 1 N–H and O–H groups in total. The van der Waals surface area contributed by atoms with Gasteiger partial charge in [0, 0.05) is 6.61 Å². The molecule has 0 fully saturated rings. The molecule has 0 spiro atoms. The Kier molecular flexibility index (Phi) is 2.89. The Morgan fingerprint density at radius 1 is 1.73 bits per heavy atom. The van der Waals surface area contributed by atoms with Crippen LogP contribution in [0.2, 0.25) is 0 Å². The van der Waals surface area contributed by atoms with Crippen molar-refractivity contribution in [3.8, 4) is 0 Å². The van der Waals surface area contributed by atoms with Gasteiger partial charge in [-0.2, -0.15) is 0 Å². The second-order valence-corrected chi connectivity index (χ2v) is 3.37. The fraction of sp³-hybridized carbons (Fsp3) is 0.600. The second-order valence-electron chi connectivity index (χ2n) is 3.37. The smallest absolute Gasteiger partial charge is 0.0462 e. The average Bonchev–Trinajstić information content (AvgIpc) is 2.05. The van der Waals surface area contributed by atoms with Gasteiger partial charge in [0.1, 0.15) is 0 Å². The van der Waals surface area contributed by atoms with Crippen molar-refractivity contribution >= 4 is 0 Å².